The monoisotopic (exact) mass is 374 g/mol. The molecule has 0 bridgehead atoms. The summed E-state index contributed by atoms with van der Waals surface area (Å²) in [6.45, 7) is 6.60. The molecule has 9 heteroatoms. The Morgan fingerprint density at radius 1 is 1.19 bits per heavy atom. The third-order valence-electron chi connectivity index (χ3n) is 3.29. The number of rotatable bonds is 7. The van der Waals surface area contributed by atoms with Crippen molar-refractivity contribution in [3.63, 3.8) is 0 Å². The van der Waals surface area contributed by atoms with Crippen LogP contribution in [0.2, 0.25) is 0 Å². The average molecular weight is 374 g/mol. The van der Waals surface area contributed by atoms with Crippen LogP contribution in [0, 0.1) is 6.92 Å². The highest BCUT2D eigenvalue weighted by molar-refractivity contribution is 7.09. The van der Waals surface area contributed by atoms with E-state index in [1.165, 1.54) is 11.3 Å². The molecule has 0 unspecified atom stereocenters. The van der Waals surface area contributed by atoms with Crippen molar-refractivity contribution in [1.29, 1.82) is 0 Å². The summed E-state index contributed by atoms with van der Waals surface area (Å²) in [5.41, 5.74) is 0.973. The van der Waals surface area contributed by atoms with Crippen LogP contribution < -0.4 is 14.8 Å². The summed E-state index contributed by atoms with van der Waals surface area (Å²) in [5, 5.41) is 13.0. The lowest BCUT2D eigenvalue weighted by molar-refractivity contribution is 0.102. The van der Waals surface area contributed by atoms with E-state index in [-0.39, 0.29) is 11.9 Å². The predicted molar refractivity (Wildman–Crippen MR) is 96.9 cm³/mol. The number of nitrogens with one attached hydrogen (secondary N) is 1. The van der Waals surface area contributed by atoms with E-state index in [0.717, 1.165) is 5.01 Å². The molecule has 3 rings (SSSR count). The molecule has 1 amide bonds. The zero-order valence-electron chi connectivity index (χ0n) is 14.6. The standard InChI is InChI=1S/C17H18N4O4S/c1-4-23-13-7-6-11(8-14(13)24-5-2)15(22)19-17-21-20-16(25-17)12-9-26-10(3)18-12/h6-9H,4-5H2,1-3H3,(H,19,21,22). The van der Waals surface area contributed by atoms with Gasteiger partial charge >= 0.3 is 6.01 Å². The number of thiazole rings is 1. The summed E-state index contributed by atoms with van der Waals surface area (Å²) in [5.74, 6) is 0.959. The Balaban J connectivity index is 1.75. The van der Waals surface area contributed by atoms with Gasteiger partial charge in [0.2, 0.25) is 0 Å². The van der Waals surface area contributed by atoms with Crippen LogP contribution in [0.3, 0.4) is 0 Å². The quantitative estimate of drug-likeness (QED) is 0.675. The van der Waals surface area contributed by atoms with E-state index in [1.807, 2.05) is 26.2 Å². The number of hydrogen-bond donors (Lipinski definition) is 1. The summed E-state index contributed by atoms with van der Waals surface area (Å²) in [7, 11) is 0. The number of amides is 1. The maximum atomic E-state index is 12.4. The van der Waals surface area contributed by atoms with Gasteiger partial charge in [0.05, 0.1) is 18.2 Å². The van der Waals surface area contributed by atoms with Gasteiger partial charge in [0.1, 0.15) is 5.69 Å². The highest BCUT2D eigenvalue weighted by Crippen LogP contribution is 2.29. The van der Waals surface area contributed by atoms with Crippen molar-refractivity contribution in [1.82, 2.24) is 15.2 Å². The zero-order chi connectivity index (χ0) is 18.5. The molecule has 0 spiro atoms. The number of benzene rings is 1. The molecule has 2 aromatic heterocycles. The minimum absolute atomic E-state index is 0.00231. The van der Waals surface area contributed by atoms with Crippen molar-refractivity contribution in [2.75, 3.05) is 18.5 Å². The number of anilines is 1. The second kappa shape index (κ2) is 7.96. The maximum absolute atomic E-state index is 12.4. The van der Waals surface area contributed by atoms with Crippen molar-refractivity contribution >= 4 is 23.3 Å². The largest absolute Gasteiger partial charge is 0.490 e. The van der Waals surface area contributed by atoms with Gasteiger partial charge in [0.25, 0.3) is 11.8 Å². The van der Waals surface area contributed by atoms with Crippen LogP contribution in [0.4, 0.5) is 6.01 Å². The summed E-state index contributed by atoms with van der Waals surface area (Å²) in [4.78, 5) is 16.7. The van der Waals surface area contributed by atoms with Crippen LogP contribution in [0.5, 0.6) is 11.5 Å². The van der Waals surface area contributed by atoms with Gasteiger partial charge in [-0.25, -0.2) is 4.98 Å². The Bertz CT molecular complexity index is 906. The molecule has 0 aliphatic heterocycles. The summed E-state index contributed by atoms with van der Waals surface area (Å²) >= 11 is 1.48. The molecule has 0 aliphatic carbocycles. The second-order valence-corrected chi connectivity index (χ2v) is 6.21. The van der Waals surface area contributed by atoms with Gasteiger partial charge in [-0.2, -0.15) is 0 Å². The van der Waals surface area contributed by atoms with Crippen LogP contribution in [-0.2, 0) is 0 Å². The molecule has 136 valence electrons. The third kappa shape index (κ3) is 3.99. The van der Waals surface area contributed by atoms with E-state index in [9.17, 15) is 4.79 Å². The molecule has 26 heavy (non-hydrogen) atoms. The number of aryl methyl sites for hydroxylation is 1. The molecule has 1 N–H and O–H groups in total. The number of carbonyl (C=O) groups is 1. The smallest absolute Gasteiger partial charge is 0.322 e. The molecular weight excluding hydrogens is 356 g/mol. The van der Waals surface area contributed by atoms with E-state index < -0.39 is 5.91 Å². The number of carbonyl (C=O) groups excluding carboxylic acids is 1. The second-order valence-electron chi connectivity index (χ2n) is 5.15. The summed E-state index contributed by atoms with van der Waals surface area (Å²) < 4.78 is 16.5. The lowest BCUT2D eigenvalue weighted by Crippen LogP contribution is -2.12. The van der Waals surface area contributed by atoms with E-state index in [1.54, 1.807) is 18.2 Å². The average Bonchev–Trinajstić information content (AvgIpc) is 3.25. The lowest BCUT2D eigenvalue weighted by Gasteiger charge is -2.11. The number of hydrogen-bond acceptors (Lipinski definition) is 8. The van der Waals surface area contributed by atoms with Crippen LogP contribution in [0.15, 0.2) is 28.0 Å². The van der Waals surface area contributed by atoms with Gasteiger partial charge in [-0.15, -0.1) is 16.4 Å². The first-order valence-electron chi connectivity index (χ1n) is 8.07. The first-order chi connectivity index (χ1) is 12.6. The molecule has 0 saturated carbocycles. The highest BCUT2D eigenvalue weighted by Gasteiger charge is 2.16. The first-order valence-corrected chi connectivity index (χ1v) is 8.95. The van der Waals surface area contributed by atoms with Gasteiger partial charge in [-0.05, 0) is 39.0 Å². The first kappa shape index (κ1) is 17.9. The van der Waals surface area contributed by atoms with E-state index >= 15 is 0 Å². The molecule has 0 saturated heterocycles. The third-order valence-corrected chi connectivity index (χ3v) is 4.06. The molecule has 3 aromatic rings. The SMILES string of the molecule is CCOc1ccc(C(=O)Nc2nnc(-c3csc(C)n3)o2)cc1OCC. The summed E-state index contributed by atoms with van der Waals surface area (Å²) in [6.07, 6.45) is 0. The fourth-order valence-electron chi connectivity index (χ4n) is 2.20. The lowest BCUT2D eigenvalue weighted by atomic mass is 10.2. The Morgan fingerprint density at radius 2 is 1.96 bits per heavy atom. The Kier molecular flexibility index (Phi) is 5.47. The predicted octanol–water partition coefficient (Wildman–Crippen LogP) is 3.55. The minimum atomic E-state index is -0.390. The van der Waals surface area contributed by atoms with Crippen molar-refractivity contribution in [3.8, 4) is 23.1 Å². The van der Waals surface area contributed by atoms with E-state index in [2.05, 4.69) is 20.5 Å². The number of nitrogens with zero attached hydrogens (tertiary/aromatic N) is 3. The zero-order valence-corrected chi connectivity index (χ0v) is 15.4. The van der Waals surface area contributed by atoms with Gasteiger partial charge in [0, 0.05) is 10.9 Å². The summed E-state index contributed by atoms with van der Waals surface area (Å²) in [6, 6.07) is 4.96. The van der Waals surface area contributed by atoms with E-state index in [4.69, 9.17) is 13.9 Å². The molecule has 2 heterocycles. The van der Waals surface area contributed by atoms with Crippen molar-refractivity contribution in [3.05, 3.63) is 34.2 Å². The van der Waals surface area contributed by atoms with Crippen LogP contribution in [-0.4, -0.2) is 34.3 Å². The van der Waals surface area contributed by atoms with Crippen LogP contribution in [0.25, 0.3) is 11.6 Å². The topological polar surface area (TPSA) is 99.4 Å². The molecule has 0 radical (unpaired) electrons. The number of aromatic nitrogens is 3. The molecule has 0 atom stereocenters. The van der Waals surface area contributed by atoms with Crippen LogP contribution >= 0.6 is 11.3 Å². The molecule has 0 aliphatic rings. The van der Waals surface area contributed by atoms with Crippen molar-refractivity contribution in [2.45, 2.75) is 20.8 Å². The van der Waals surface area contributed by atoms with Gasteiger partial charge < -0.3 is 13.9 Å². The highest BCUT2D eigenvalue weighted by atomic mass is 32.1. The Morgan fingerprint density at radius 3 is 2.65 bits per heavy atom. The molecule has 1 aromatic carbocycles. The van der Waals surface area contributed by atoms with Gasteiger partial charge in [-0.1, -0.05) is 5.10 Å². The normalized spacial score (nSPS) is 10.6. The molecular formula is C17H18N4O4S. The maximum Gasteiger partial charge on any atom is 0.322 e. The fraction of sp³-hybridized carbons (Fsp3) is 0.294. The van der Waals surface area contributed by atoms with Crippen molar-refractivity contribution in [2.24, 2.45) is 0 Å². The Hall–Kier alpha value is -2.94. The number of ether oxygens (including phenoxy) is 2. The minimum Gasteiger partial charge on any atom is -0.490 e. The van der Waals surface area contributed by atoms with E-state index in [0.29, 0.717) is 36.0 Å². The van der Waals surface area contributed by atoms with Gasteiger partial charge in [-0.3, -0.25) is 10.1 Å². The van der Waals surface area contributed by atoms with Gasteiger partial charge in [0.15, 0.2) is 11.5 Å². The van der Waals surface area contributed by atoms with Crippen LogP contribution in [0.1, 0.15) is 29.2 Å². The fourth-order valence-corrected chi connectivity index (χ4v) is 2.79. The molecule has 0 fully saturated rings. The Labute approximate surface area is 154 Å². The molecule has 8 nitrogen and oxygen atoms in total. The van der Waals surface area contributed by atoms with Crippen molar-refractivity contribution < 1.29 is 18.7 Å².